The number of carbonyl (C=O) groups excluding carboxylic acids is 3. The average molecular weight is 245 g/mol. The first-order valence-electron chi connectivity index (χ1n) is 5.63. The second-order valence-corrected chi connectivity index (χ2v) is 4.41. The molecular weight excluding hydrogens is 234 g/mol. The van der Waals surface area contributed by atoms with Crippen LogP contribution in [0.4, 0.5) is 5.69 Å². The fraction of sp³-hybridized carbons (Fsp3) is 0.250. The van der Waals surface area contributed by atoms with Crippen molar-refractivity contribution in [3.63, 3.8) is 0 Å². The molecular formula is C12H11N3O3. The number of hydrogen-bond donors (Lipinski definition) is 2. The molecule has 2 heterocycles. The molecule has 0 radical (unpaired) electrons. The summed E-state index contributed by atoms with van der Waals surface area (Å²) < 4.78 is 0. The van der Waals surface area contributed by atoms with Crippen LogP contribution in [0.2, 0.25) is 0 Å². The smallest absolute Gasteiger partial charge is 0.270 e. The topological polar surface area (TPSA) is 92.5 Å². The number of nitrogens with two attached hydrogens (primary N) is 1. The fourth-order valence-electron chi connectivity index (χ4n) is 2.16. The van der Waals surface area contributed by atoms with Crippen LogP contribution < -0.4 is 11.1 Å². The Bertz CT molecular complexity index is 578. The van der Waals surface area contributed by atoms with Gasteiger partial charge in [-0.3, -0.25) is 14.4 Å². The zero-order chi connectivity index (χ0) is 12.9. The molecule has 3 amide bonds. The number of fused-ring (bicyclic) bond motifs is 1. The molecule has 3 rings (SSSR count). The lowest BCUT2D eigenvalue weighted by atomic mass is 10.0. The lowest BCUT2D eigenvalue weighted by Crippen LogP contribution is -2.53. The number of rotatable bonds is 1. The molecule has 6 heteroatoms. The van der Waals surface area contributed by atoms with E-state index in [1.54, 1.807) is 12.1 Å². The summed E-state index contributed by atoms with van der Waals surface area (Å²) in [4.78, 5) is 36.9. The van der Waals surface area contributed by atoms with Gasteiger partial charge in [0.25, 0.3) is 11.8 Å². The van der Waals surface area contributed by atoms with Crippen molar-refractivity contribution in [2.24, 2.45) is 5.92 Å². The predicted octanol–water partition coefficient (Wildman–Crippen LogP) is -0.389. The third-order valence-corrected chi connectivity index (χ3v) is 3.30. The molecule has 3 N–H and O–H groups in total. The number of imide groups is 3. The van der Waals surface area contributed by atoms with Gasteiger partial charge in [0.05, 0.1) is 17.0 Å². The molecule has 1 aromatic rings. The van der Waals surface area contributed by atoms with Crippen LogP contribution >= 0.6 is 0 Å². The molecule has 0 atom stereocenters. The normalized spacial score (nSPS) is 18.8. The van der Waals surface area contributed by atoms with Gasteiger partial charge in [0.1, 0.15) is 0 Å². The number of amides is 3. The lowest BCUT2D eigenvalue weighted by Gasteiger charge is -2.28. The summed E-state index contributed by atoms with van der Waals surface area (Å²) in [7, 11) is 0. The highest BCUT2D eigenvalue weighted by Crippen LogP contribution is 2.28. The number of carbonyl (C=O) groups is 3. The molecule has 2 aliphatic rings. The first-order chi connectivity index (χ1) is 8.61. The first-order valence-corrected chi connectivity index (χ1v) is 5.63. The third kappa shape index (κ3) is 1.29. The minimum absolute atomic E-state index is 0.142. The number of nitrogens with zero attached hydrogens (tertiary/aromatic N) is 1. The van der Waals surface area contributed by atoms with Crippen LogP contribution in [0.5, 0.6) is 0 Å². The van der Waals surface area contributed by atoms with E-state index in [0.717, 1.165) is 0 Å². The average Bonchev–Trinajstić information content (AvgIpc) is 2.50. The van der Waals surface area contributed by atoms with E-state index in [0.29, 0.717) is 18.0 Å². The van der Waals surface area contributed by atoms with E-state index >= 15 is 0 Å². The van der Waals surface area contributed by atoms with Gasteiger partial charge in [-0.1, -0.05) is 6.07 Å². The van der Waals surface area contributed by atoms with Gasteiger partial charge in [-0.2, -0.15) is 0 Å². The molecule has 0 aliphatic carbocycles. The molecule has 0 bridgehead atoms. The van der Waals surface area contributed by atoms with Crippen LogP contribution in [-0.4, -0.2) is 35.7 Å². The van der Waals surface area contributed by atoms with E-state index in [4.69, 9.17) is 5.73 Å². The van der Waals surface area contributed by atoms with Crippen molar-refractivity contribution in [1.82, 2.24) is 10.2 Å². The molecule has 0 aromatic heterocycles. The molecule has 0 spiro atoms. The monoisotopic (exact) mass is 245 g/mol. The van der Waals surface area contributed by atoms with Gasteiger partial charge in [-0.15, -0.1) is 0 Å². The Morgan fingerprint density at radius 3 is 2.56 bits per heavy atom. The number of benzene rings is 1. The Morgan fingerprint density at radius 2 is 2.00 bits per heavy atom. The summed E-state index contributed by atoms with van der Waals surface area (Å²) in [5, 5.41) is 2.93. The summed E-state index contributed by atoms with van der Waals surface area (Å²) in [5.74, 6) is -1.92. The van der Waals surface area contributed by atoms with Gasteiger partial charge in [-0.05, 0) is 12.1 Å². The van der Waals surface area contributed by atoms with E-state index in [1.807, 2.05) is 0 Å². The Morgan fingerprint density at radius 1 is 1.28 bits per heavy atom. The Kier molecular flexibility index (Phi) is 2.21. The van der Waals surface area contributed by atoms with Crippen molar-refractivity contribution in [2.45, 2.75) is 0 Å². The second kappa shape index (κ2) is 3.64. The molecule has 0 unspecified atom stereocenters. The maximum Gasteiger partial charge on any atom is 0.270 e. The van der Waals surface area contributed by atoms with Crippen molar-refractivity contribution >= 4 is 23.4 Å². The summed E-state index contributed by atoms with van der Waals surface area (Å²) in [6.07, 6.45) is 0. The SMILES string of the molecule is Nc1cccc2c1C(=O)N(C(=O)C1CNC1)C2=O. The van der Waals surface area contributed by atoms with Gasteiger partial charge in [0.15, 0.2) is 0 Å². The maximum absolute atomic E-state index is 12.1. The van der Waals surface area contributed by atoms with Crippen molar-refractivity contribution in [1.29, 1.82) is 0 Å². The van der Waals surface area contributed by atoms with Gasteiger partial charge < -0.3 is 11.1 Å². The van der Waals surface area contributed by atoms with Crippen molar-refractivity contribution < 1.29 is 14.4 Å². The molecule has 6 nitrogen and oxygen atoms in total. The summed E-state index contributed by atoms with van der Waals surface area (Å²) >= 11 is 0. The van der Waals surface area contributed by atoms with E-state index in [9.17, 15) is 14.4 Å². The minimum atomic E-state index is -0.606. The van der Waals surface area contributed by atoms with Crippen LogP contribution in [0.1, 0.15) is 20.7 Å². The summed E-state index contributed by atoms with van der Waals surface area (Å²) in [5.41, 5.74) is 6.27. The van der Waals surface area contributed by atoms with E-state index < -0.39 is 17.7 Å². The fourth-order valence-corrected chi connectivity index (χ4v) is 2.16. The highest BCUT2D eigenvalue weighted by atomic mass is 16.2. The molecule has 2 aliphatic heterocycles. The number of nitrogen functional groups attached to an aromatic ring is 1. The van der Waals surface area contributed by atoms with Crippen molar-refractivity contribution in [3.8, 4) is 0 Å². The number of hydrogen-bond acceptors (Lipinski definition) is 5. The summed E-state index contributed by atoms with van der Waals surface area (Å²) in [6.45, 7) is 1.00. The van der Waals surface area contributed by atoms with Crippen LogP contribution in [-0.2, 0) is 4.79 Å². The number of nitrogens with one attached hydrogen (secondary N) is 1. The quantitative estimate of drug-likeness (QED) is 0.519. The van der Waals surface area contributed by atoms with E-state index in [1.165, 1.54) is 6.07 Å². The lowest BCUT2D eigenvalue weighted by molar-refractivity contribution is -0.131. The molecule has 18 heavy (non-hydrogen) atoms. The molecule has 0 saturated carbocycles. The van der Waals surface area contributed by atoms with Crippen molar-refractivity contribution in [2.75, 3.05) is 18.8 Å². The van der Waals surface area contributed by atoms with Crippen LogP contribution in [0, 0.1) is 5.92 Å². The molecule has 1 saturated heterocycles. The second-order valence-electron chi connectivity index (χ2n) is 4.41. The van der Waals surface area contributed by atoms with Gasteiger partial charge in [-0.25, -0.2) is 4.90 Å². The van der Waals surface area contributed by atoms with Crippen LogP contribution in [0.15, 0.2) is 18.2 Å². The zero-order valence-electron chi connectivity index (χ0n) is 9.47. The highest BCUT2D eigenvalue weighted by molar-refractivity contribution is 6.30. The minimum Gasteiger partial charge on any atom is -0.398 e. The maximum atomic E-state index is 12.1. The van der Waals surface area contributed by atoms with Gasteiger partial charge in [0.2, 0.25) is 5.91 Å². The van der Waals surface area contributed by atoms with Gasteiger partial charge in [0, 0.05) is 18.8 Å². The van der Waals surface area contributed by atoms with Crippen LogP contribution in [0.3, 0.4) is 0 Å². The zero-order valence-corrected chi connectivity index (χ0v) is 9.47. The Labute approximate surface area is 103 Å². The van der Waals surface area contributed by atoms with E-state index in [-0.39, 0.29) is 22.7 Å². The predicted molar refractivity (Wildman–Crippen MR) is 62.7 cm³/mol. The van der Waals surface area contributed by atoms with Crippen molar-refractivity contribution in [3.05, 3.63) is 29.3 Å². The molecule has 1 aromatic carbocycles. The first kappa shape index (κ1) is 10.9. The van der Waals surface area contributed by atoms with E-state index in [2.05, 4.69) is 5.32 Å². The third-order valence-electron chi connectivity index (χ3n) is 3.30. The standard InChI is InChI=1S/C12H11N3O3/c13-8-3-1-2-7-9(8)12(18)15(11(7)17)10(16)6-4-14-5-6/h1-3,6,14H,4-5,13H2. The Hall–Kier alpha value is -2.21. The molecule has 1 fully saturated rings. The molecule has 92 valence electrons. The number of anilines is 1. The highest BCUT2D eigenvalue weighted by Gasteiger charge is 2.44. The Balaban J connectivity index is 2.01. The largest absolute Gasteiger partial charge is 0.398 e. The van der Waals surface area contributed by atoms with Gasteiger partial charge >= 0.3 is 0 Å². The van der Waals surface area contributed by atoms with Crippen LogP contribution in [0.25, 0.3) is 0 Å². The summed E-state index contributed by atoms with van der Waals surface area (Å²) in [6, 6.07) is 4.65.